The van der Waals surface area contributed by atoms with Crippen molar-refractivity contribution in [3.8, 4) is 45.2 Å². The Morgan fingerprint density at radius 1 is 0.619 bits per heavy atom. The Hall–Kier alpha value is -4.70. The van der Waals surface area contributed by atoms with Gasteiger partial charge in [-0.2, -0.15) is 0 Å². The van der Waals surface area contributed by atoms with Crippen molar-refractivity contribution in [2.45, 2.75) is 52.4 Å². The van der Waals surface area contributed by atoms with Crippen molar-refractivity contribution in [1.29, 1.82) is 0 Å². The Balaban J connectivity index is 1.72. The molecule has 0 aliphatic rings. The lowest BCUT2D eigenvalue weighted by Gasteiger charge is -2.31. The van der Waals surface area contributed by atoms with Gasteiger partial charge in [0.15, 0.2) is 0 Å². The van der Waals surface area contributed by atoms with Gasteiger partial charge in [-0.1, -0.05) is 108 Å². The molecule has 0 unspecified atom stereocenters. The Bertz CT molecular complexity index is 1870. The summed E-state index contributed by atoms with van der Waals surface area (Å²) in [6.45, 7) is 13.5. The second kappa shape index (κ2) is 10.3. The van der Waals surface area contributed by atoms with Gasteiger partial charge in [0.05, 0.1) is 28.0 Å². The second-order valence-corrected chi connectivity index (χ2v) is 13.0. The van der Waals surface area contributed by atoms with E-state index in [0.717, 1.165) is 44.9 Å². The van der Waals surface area contributed by atoms with Crippen molar-refractivity contribution in [1.82, 2.24) is 14.5 Å². The van der Waals surface area contributed by atoms with Crippen molar-refractivity contribution in [3.63, 3.8) is 0 Å². The van der Waals surface area contributed by atoms with E-state index < -0.39 is 0 Å². The highest BCUT2D eigenvalue weighted by Crippen LogP contribution is 2.43. The lowest BCUT2D eigenvalue weighted by Crippen LogP contribution is -2.22. The molecule has 0 fully saturated rings. The number of aromatic nitrogens is 3. The molecule has 0 saturated carbocycles. The van der Waals surface area contributed by atoms with Crippen molar-refractivity contribution < 1.29 is 5.11 Å². The molecular formula is C38H37N3O. The van der Waals surface area contributed by atoms with E-state index in [4.69, 9.17) is 4.98 Å². The first kappa shape index (κ1) is 27.5. The zero-order valence-electron chi connectivity index (χ0n) is 25.2. The third-order valence-corrected chi connectivity index (χ3v) is 7.84. The molecule has 0 bridgehead atoms. The van der Waals surface area contributed by atoms with Gasteiger partial charge < -0.3 is 5.11 Å². The van der Waals surface area contributed by atoms with E-state index in [9.17, 15) is 5.11 Å². The van der Waals surface area contributed by atoms with Crippen LogP contribution in [0.2, 0.25) is 0 Å². The average Bonchev–Trinajstić information content (AvgIpc) is 3.36. The molecule has 0 spiro atoms. The molecule has 4 heteroatoms. The van der Waals surface area contributed by atoms with Gasteiger partial charge in [-0.25, -0.2) is 4.98 Å². The molecule has 210 valence electrons. The number of para-hydroxylation sites is 3. The first-order valence-electron chi connectivity index (χ1n) is 14.5. The standard InChI is InChI=1S/C38H37N3O/c1-37(2,3)29-18-13-19-30(38(4,5)6)35(29)41-32-21-12-17-27(34(32)40-36(41)28-16-7-8-22-33(28)42)25-14-11-15-26(24-25)31-20-9-10-23-39-31/h7-24,42H,1-6H3. The molecule has 1 N–H and O–H groups in total. The first-order chi connectivity index (χ1) is 20.0. The fourth-order valence-corrected chi connectivity index (χ4v) is 5.78. The number of rotatable bonds is 4. The number of hydrogen-bond acceptors (Lipinski definition) is 3. The van der Waals surface area contributed by atoms with E-state index in [1.165, 1.54) is 11.1 Å². The van der Waals surface area contributed by atoms with Gasteiger partial charge in [0, 0.05) is 17.3 Å². The lowest BCUT2D eigenvalue weighted by molar-refractivity contribution is 0.477. The van der Waals surface area contributed by atoms with Crippen LogP contribution in [-0.2, 0) is 10.8 Å². The van der Waals surface area contributed by atoms with Gasteiger partial charge in [0.1, 0.15) is 11.6 Å². The zero-order chi connectivity index (χ0) is 29.6. The molecule has 0 radical (unpaired) electrons. The summed E-state index contributed by atoms with van der Waals surface area (Å²) >= 11 is 0. The highest BCUT2D eigenvalue weighted by atomic mass is 16.3. The fraction of sp³-hybridized carbons (Fsp3) is 0.211. The Morgan fingerprint density at radius 3 is 1.90 bits per heavy atom. The third kappa shape index (κ3) is 4.87. The number of nitrogens with zero attached hydrogens (tertiary/aromatic N) is 3. The van der Waals surface area contributed by atoms with E-state index in [1.807, 2.05) is 42.6 Å². The number of pyridine rings is 1. The van der Waals surface area contributed by atoms with Crippen molar-refractivity contribution in [3.05, 3.63) is 120 Å². The fourth-order valence-electron chi connectivity index (χ4n) is 5.78. The minimum Gasteiger partial charge on any atom is -0.507 e. The van der Waals surface area contributed by atoms with Crippen LogP contribution in [0.15, 0.2) is 109 Å². The van der Waals surface area contributed by atoms with Gasteiger partial charge in [0.2, 0.25) is 0 Å². The minimum absolute atomic E-state index is 0.127. The summed E-state index contributed by atoms with van der Waals surface area (Å²) in [6, 6.07) is 34.9. The van der Waals surface area contributed by atoms with Crippen molar-refractivity contribution in [2.24, 2.45) is 0 Å². The highest BCUT2D eigenvalue weighted by molar-refractivity contribution is 5.96. The molecule has 0 atom stereocenters. The molecule has 2 heterocycles. The summed E-state index contributed by atoms with van der Waals surface area (Å²) in [5.74, 6) is 0.928. The lowest BCUT2D eigenvalue weighted by atomic mass is 9.78. The van der Waals surface area contributed by atoms with E-state index in [-0.39, 0.29) is 16.6 Å². The van der Waals surface area contributed by atoms with E-state index in [0.29, 0.717) is 5.56 Å². The molecule has 2 aromatic heterocycles. The van der Waals surface area contributed by atoms with Crippen LogP contribution in [0.1, 0.15) is 52.7 Å². The maximum atomic E-state index is 11.1. The maximum Gasteiger partial charge on any atom is 0.149 e. The second-order valence-electron chi connectivity index (χ2n) is 13.0. The summed E-state index contributed by atoms with van der Waals surface area (Å²) < 4.78 is 2.28. The van der Waals surface area contributed by atoms with Crippen LogP contribution in [0.5, 0.6) is 5.75 Å². The Labute approximate surface area is 248 Å². The first-order valence-corrected chi connectivity index (χ1v) is 14.5. The topological polar surface area (TPSA) is 50.9 Å². The molecule has 0 saturated heterocycles. The Kier molecular flexibility index (Phi) is 6.73. The quantitative estimate of drug-likeness (QED) is 0.237. The maximum absolute atomic E-state index is 11.1. The number of benzene rings is 4. The molecule has 4 nitrogen and oxygen atoms in total. The third-order valence-electron chi connectivity index (χ3n) is 7.84. The largest absolute Gasteiger partial charge is 0.507 e. The summed E-state index contributed by atoms with van der Waals surface area (Å²) in [5.41, 5.74) is 10.00. The van der Waals surface area contributed by atoms with Crippen molar-refractivity contribution in [2.75, 3.05) is 0 Å². The van der Waals surface area contributed by atoms with Gasteiger partial charge in [-0.15, -0.1) is 0 Å². The summed E-state index contributed by atoms with van der Waals surface area (Å²) in [4.78, 5) is 9.90. The van der Waals surface area contributed by atoms with Gasteiger partial charge in [0.25, 0.3) is 0 Å². The molecule has 0 amide bonds. The van der Waals surface area contributed by atoms with Crippen LogP contribution in [0.3, 0.4) is 0 Å². The number of phenolic OH excluding ortho intramolecular Hbond substituents is 1. The normalized spacial score (nSPS) is 12.1. The zero-order valence-corrected chi connectivity index (χ0v) is 25.2. The number of aromatic hydroxyl groups is 1. The predicted octanol–water partition coefficient (Wildman–Crippen LogP) is 9.72. The van der Waals surface area contributed by atoms with E-state index in [1.54, 1.807) is 6.07 Å². The van der Waals surface area contributed by atoms with Crippen LogP contribution >= 0.6 is 0 Å². The van der Waals surface area contributed by atoms with Gasteiger partial charge >= 0.3 is 0 Å². The predicted molar refractivity (Wildman–Crippen MR) is 174 cm³/mol. The number of fused-ring (bicyclic) bond motifs is 1. The highest BCUT2D eigenvalue weighted by Gasteiger charge is 2.30. The summed E-state index contributed by atoms with van der Waals surface area (Å²) in [7, 11) is 0. The van der Waals surface area contributed by atoms with Gasteiger partial charge in [-0.05, 0) is 63.9 Å². The van der Waals surface area contributed by atoms with Crippen LogP contribution in [-0.4, -0.2) is 19.6 Å². The smallest absolute Gasteiger partial charge is 0.149 e. The number of phenols is 1. The van der Waals surface area contributed by atoms with Crippen LogP contribution in [0.4, 0.5) is 0 Å². The molecule has 4 aromatic carbocycles. The van der Waals surface area contributed by atoms with E-state index in [2.05, 4.69) is 112 Å². The van der Waals surface area contributed by atoms with Crippen LogP contribution < -0.4 is 0 Å². The number of imidazole rings is 1. The van der Waals surface area contributed by atoms with Crippen molar-refractivity contribution >= 4 is 11.0 Å². The Morgan fingerprint density at radius 2 is 1.24 bits per heavy atom. The summed E-state index contributed by atoms with van der Waals surface area (Å²) in [5, 5.41) is 11.1. The van der Waals surface area contributed by atoms with E-state index >= 15 is 0 Å². The molecule has 42 heavy (non-hydrogen) atoms. The van der Waals surface area contributed by atoms with Gasteiger partial charge in [-0.3, -0.25) is 9.55 Å². The van der Waals surface area contributed by atoms with Crippen LogP contribution in [0.25, 0.3) is 50.5 Å². The molecule has 0 aliphatic heterocycles. The average molecular weight is 552 g/mol. The SMILES string of the molecule is CC(C)(C)c1cccc(C(C)(C)C)c1-n1c(-c2ccccc2O)nc2c(-c3cccc(-c4ccccn4)c3)cccc21. The summed E-state index contributed by atoms with van der Waals surface area (Å²) in [6.07, 6.45) is 1.82. The molecule has 0 aliphatic carbocycles. The molecular weight excluding hydrogens is 514 g/mol. The number of hydrogen-bond donors (Lipinski definition) is 1. The van der Waals surface area contributed by atoms with Crippen LogP contribution in [0, 0.1) is 0 Å². The molecule has 6 rings (SSSR count). The minimum atomic E-state index is -0.127. The monoisotopic (exact) mass is 551 g/mol. The molecule has 6 aromatic rings.